The molecule has 2 aromatic carbocycles. The molecule has 0 aliphatic carbocycles. The summed E-state index contributed by atoms with van der Waals surface area (Å²) >= 11 is 6.13. The molecule has 0 unspecified atom stereocenters. The molecule has 0 atom stereocenters. The first-order valence-electron chi connectivity index (χ1n) is 7.62. The fourth-order valence-electron chi connectivity index (χ4n) is 2.54. The van der Waals surface area contributed by atoms with Gasteiger partial charge in [0.05, 0.1) is 29.6 Å². The Kier molecular flexibility index (Phi) is 4.81. The summed E-state index contributed by atoms with van der Waals surface area (Å²) in [6.07, 6.45) is 0. The van der Waals surface area contributed by atoms with Crippen LogP contribution in [0.4, 0.5) is 4.39 Å². The molecule has 0 aliphatic rings. The lowest BCUT2D eigenvalue weighted by Gasteiger charge is -2.12. The molecule has 0 fully saturated rings. The number of benzene rings is 2. The molecule has 0 saturated heterocycles. The fraction of sp³-hybridized carbons (Fsp3) is 0.167. The van der Waals surface area contributed by atoms with Gasteiger partial charge in [-0.15, -0.1) is 0 Å². The maximum atomic E-state index is 13.5. The minimum absolute atomic E-state index is 0.0199. The van der Waals surface area contributed by atoms with Crippen molar-refractivity contribution in [2.24, 2.45) is 0 Å². The van der Waals surface area contributed by atoms with Crippen LogP contribution in [0.25, 0.3) is 10.9 Å². The van der Waals surface area contributed by atoms with Gasteiger partial charge in [-0.25, -0.2) is 14.2 Å². The van der Waals surface area contributed by atoms with Crippen LogP contribution in [0.15, 0.2) is 47.3 Å². The van der Waals surface area contributed by atoms with Crippen molar-refractivity contribution < 1.29 is 13.9 Å². The summed E-state index contributed by atoms with van der Waals surface area (Å²) in [6, 6.07) is 10.5. The Bertz CT molecular complexity index is 1020. The monoisotopic (exact) mass is 360 g/mol. The number of aromatic nitrogens is 2. The average molecular weight is 361 g/mol. The number of nitrogens with zero attached hydrogens (tertiary/aromatic N) is 2. The van der Waals surface area contributed by atoms with E-state index < -0.39 is 17.3 Å². The van der Waals surface area contributed by atoms with Gasteiger partial charge in [-0.3, -0.25) is 9.36 Å². The van der Waals surface area contributed by atoms with Crippen molar-refractivity contribution in [3.8, 4) is 0 Å². The van der Waals surface area contributed by atoms with Crippen molar-refractivity contribution in [1.29, 1.82) is 0 Å². The maximum absolute atomic E-state index is 13.5. The summed E-state index contributed by atoms with van der Waals surface area (Å²) < 4.78 is 19.7. The number of ether oxygens (including phenoxy) is 1. The van der Waals surface area contributed by atoms with Gasteiger partial charge in [-0.2, -0.15) is 0 Å². The van der Waals surface area contributed by atoms with Gasteiger partial charge in [-0.1, -0.05) is 18.2 Å². The molecule has 1 heterocycles. The first-order valence-corrected chi connectivity index (χ1v) is 7.99. The summed E-state index contributed by atoms with van der Waals surface area (Å²) in [5, 5.41) is 0.0841. The molecule has 0 N–H and O–H groups in total. The van der Waals surface area contributed by atoms with Gasteiger partial charge in [-0.05, 0) is 48.4 Å². The molecule has 5 nitrogen and oxygen atoms in total. The molecular weight excluding hydrogens is 347 g/mol. The molecule has 1 aromatic heterocycles. The van der Waals surface area contributed by atoms with E-state index in [0.717, 1.165) is 6.07 Å². The summed E-state index contributed by atoms with van der Waals surface area (Å²) in [5.41, 5.74) is 0.730. The van der Waals surface area contributed by atoms with Gasteiger partial charge in [0.2, 0.25) is 5.28 Å². The van der Waals surface area contributed by atoms with Crippen LogP contribution in [0, 0.1) is 5.82 Å². The van der Waals surface area contributed by atoms with E-state index in [-0.39, 0.29) is 23.8 Å². The topological polar surface area (TPSA) is 61.2 Å². The standard InChI is InChI=1S/C18H14ClFN2O3/c1-2-25-17(24)13-6-4-3-5-11(13)10-22-16(23)14-9-12(20)7-8-15(14)21-18(22)19/h3-9H,2,10H2,1H3. The second kappa shape index (κ2) is 7.03. The molecule has 25 heavy (non-hydrogen) atoms. The number of carbonyl (C=O) groups is 1. The first-order chi connectivity index (χ1) is 12.0. The van der Waals surface area contributed by atoms with E-state index in [0.29, 0.717) is 16.6 Å². The minimum Gasteiger partial charge on any atom is -0.462 e. The highest BCUT2D eigenvalue weighted by atomic mass is 35.5. The van der Waals surface area contributed by atoms with Crippen LogP contribution in [0.3, 0.4) is 0 Å². The number of hydrogen-bond donors (Lipinski definition) is 0. The predicted molar refractivity (Wildman–Crippen MR) is 92.5 cm³/mol. The van der Waals surface area contributed by atoms with Crippen molar-refractivity contribution in [3.63, 3.8) is 0 Å². The molecule has 0 amide bonds. The second-order valence-electron chi connectivity index (χ2n) is 5.31. The van der Waals surface area contributed by atoms with Crippen molar-refractivity contribution in [2.75, 3.05) is 6.61 Å². The zero-order valence-electron chi connectivity index (χ0n) is 13.3. The Hall–Kier alpha value is -2.73. The lowest BCUT2D eigenvalue weighted by Crippen LogP contribution is -2.24. The molecule has 0 saturated carbocycles. The van der Waals surface area contributed by atoms with Crippen molar-refractivity contribution in [3.05, 3.63) is 75.0 Å². The van der Waals surface area contributed by atoms with Crippen LogP contribution >= 0.6 is 11.6 Å². The quantitative estimate of drug-likeness (QED) is 0.528. The molecule has 3 aromatic rings. The number of halogens is 2. The lowest BCUT2D eigenvalue weighted by atomic mass is 10.1. The van der Waals surface area contributed by atoms with E-state index in [9.17, 15) is 14.0 Å². The number of rotatable bonds is 4. The molecule has 0 radical (unpaired) electrons. The summed E-state index contributed by atoms with van der Waals surface area (Å²) in [7, 11) is 0. The Labute approximate surface area is 147 Å². The Morgan fingerprint density at radius 1 is 1.28 bits per heavy atom. The second-order valence-corrected chi connectivity index (χ2v) is 5.65. The highest BCUT2D eigenvalue weighted by Gasteiger charge is 2.16. The van der Waals surface area contributed by atoms with Gasteiger partial charge in [0.25, 0.3) is 5.56 Å². The minimum atomic E-state index is -0.535. The smallest absolute Gasteiger partial charge is 0.338 e. The number of hydrogen-bond acceptors (Lipinski definition) is 4. The number of carbonyl (C=O) groups excluding carboxylic acids is 1. The van der Waals surface area contributed by atoms with Crippen molar-refractivity contribution in [2.45, 2.75) is 13.5 Å². The van der Waals surface area contributed by atoms with E-state index >= 15 is 0 Å². The van der Waals surface area contributed by atoms with Gasteiger partial charge in [0.1, 0.15) is 5.82 Å². The molecule has 0 bridgehead atoms. The number of fused-ring (bicyclic) bond motifs is 1. The van der Waals surface area contributed by atoms with Gasteiger partial charge in [0.15, 0.2) is 0 Å². The summed E-state index contributed by atoms with van der Waals surface area (Å²) in [6.45, 7) is 1.97. The molecule has 128 valence electrons. The zero-order chi connectivity index (χ0) is 18.0. The first kappa shape index (κ1) is 17.1. The van der Waals surface area contributed by atoms with Crippen LogP contribution < -0.4 is 5.56 Å². The van der Waals surface area contributed by atoms with Crippen LogP contribution in [0.5, 0.6) is 0 Å². The third-order valence-corrected chi connectivity index (χ3v) is 4.00. The highest BCUT2D eigenvalue weighted by molar-refractivity contribution is 6.28. The van der Waals surface area contributed by atoms with E-state index in [1.807, 2.05) is 0 Å². The van der Waals surface area contributed by atoms with Crippen molar-refractivity contribution in [1.82, 2.24) is 9.55 Å². The highest BCUT2D eigenvalue weighted by Crippen LogP contribution is 2.17. The summed E-state index contributed by atoms with van der Waals surface area (Å²) in [4.78, 5) is 28.9. The third kappa shape index (κ3) is 3.39. The molecule has 0 spiro atoms. The van der Waals surface area contributed by atoms with Crippen LogP contribution in [0.2, 0.25) is 5.28 Å². The van der Waals surface area contributed by atoms with Crippen LogP contribution in [0.1, 0.15) is 22.8 Å². The third-order valence-electron chi connectivity index (χ3n) is 3.71. The van der Waals surface area contributed by atoms with E-state index in [4.69, 9.17) is 16.3 Å². The zero-order valence-corrected chi connectivity index (χ0v) is 14.1. The molecule has 3 rings (SSSR count). The van der Waals surface area contributed by atoms with E-state index in [2.05, 4.69) is 4.98 Å². The Morgan fingerprint density at radius 2 is 2.04 bits per heavy atom. The normalized spacial score (nSPS) is 10.8. The number of esters is 1. The maximum Gasteiger partial charge on any atom is 0.338 e. The van der Waals surface area contributed by atoms with E-state index in [1.165, 1.54) is 16.7 Å². The van der Waals surface area contributed by atoms with Crippen molar-refractivity contribution >= 4 is 28.5 Å². The lowest BCUT2D eigenvalue weighted by molar-refractivity contribution is 0.0525. The van der Waals surface area contributed by atoms with Gasteiger partial charge < -0.3 is 4.74 Å². The van der Waals surface area contributed by atoms with Crippen LogP contribution in [-0.2, 0) is 11.3 Å². The fourth-order valence-corrected chi connectivity index (χ4v) is 2.77. The molecular formula is C18H14ClFN2O3. The SMILES string of the molecule is CCOC(=O)c1ccccc1Cn1c(Cl)nc2ccc(F)cc2c1=O. The Morgan fingerprint density at radius 3 is 2.80 bits per heavy atom. The summed E-state index contributed by atoms with van der Waals surface area (Å²) in [5.74, 6) is -1.02. The largest absolute Gasteiger partial charge is 0.462 e. The molecule has 7 heteroatoms. The average Bonchev–Trinajstić information content (AvgIpc) is 2.60. The van der Waals surface area contributed by atoms with Crippen LogP contribution in [-0.4, -0.2) is 22.1 Å². The van der Waals surface area contributed by atoms with Gasteiger partial charge >= 0.3 is 5.97 Å². The van der Waals surface area contributed by atoms with E-state index in [1.54, 1.807) is 31.2 Å². The molecule has 0 aliphatic heterocycles. The predicted octanol–water partition coefficient (Wildman–Crippen LogP) is 3.41. The Balaban J connectivity index is 2.10. The van der Waals surface area contributed by atoms with Gasteiger partial charge in [0, 0.05) is 0 Å².